The van der Waals surface area contributed by atoms with Gasteiger partial charge in [0.1, 0.15) is 0 Å². The molecule has 0 spiro atoms. The summed E-state index contributed by atoms with van der Waals surface area (Å²) < 4.78 is 0. The van der Waals surface area contributed by atoms with Crippen LogP contribution in [0.25, 0.3) is 0 Å². The summed E-state index contributed by atoms with van der Waals surface area (Å²) in [7, 11) is 0. The number of hydrogen-bond acceptors (Lipinski definition) is 3. The number of nitrogens with two attached hydrogens (primary N) is 1. The van der Waals surface area contributed by atoms with E-state index in [2.05, 4.69) is 34.5 Å². The number of benzene rings is 1. The highest BCUT2D eigenvalue weighted by Gasteiger charge is 2.34. The van der Waals surface area contributed by atoms with Crippen molar-refractivity contribution in [2.24, 2.45) is 11.7 Å². The summed E-state index contributed by atoms with van der Waals surface area (Å²) in [6.45, 7) is 3.05. The normalized spacial score (nSPS) is 26.6. The first-order valence-corrected chi connectivity index (χ1v) is 7.53. The van der Waals surface area contributed by atoms with Crippen LogP contribution in [0.15, 0.2) is 30.3 Å². The van der Waals surface area contributed by atoms with Gasteiger partial charge in [0.2, 0.25) is 5.91 Å². The van der Waals surface area contributed by atoms with E-state index >= 15 is 0 Å². The molecule has 108 valence electrons. The van der Waals surface area contributed by atoms with Gasteiger partial charge in [-0.1, -0.05) is 30.3 Å². The molecule has 2 atom stereocenters. The second kappa shape index (κ2) is 5.94. The maximum Gasteiger partial charge on any atom is 0.234 e. The molecule has 1 aliphatic heterocycles. The van der Waals surface area contributed by atoms with E-state index in [1.807, 2.05) is 6.07 Å². The smallest absolute Gasteiger partial charge is 0.234 e. The molecule has 1 saturated carbocycles. The van der Waals surface area contributed by atoms with Crippen molar-refractivity contribution < 1.29 is 4.79 Å². The van der Waals surface area contributed by atoms with Crippen LogP contribution < -0.4 is 11.1 Å². The topological polar surface area (TPSA) is 58.4 Å². The maximum atomic E-state index is 11.9. The number of carbonyl (C=O) groups excluding carboxylic acids is 1. The third-order valence-corrected chi connectivity index (χ3v) is 4.36. The SMILES string of the molecule is NC[C@@H]1CN(CC(=O)NC2CC2)C[C@H]1c1ccccc1. The zero-order valence-corrected chi connectivity index (χ0v) is 11.8. The lowest BCUT2D eigenvalue weighted by Crippen LogP contribution is -2.37. The van der Waals surface area contributed by atoms with Gasteiger partial charge in [-0.05, 0) is 30.9 Å². The minimum atomic E-state index is 0.164. The predicted octanol–water partition coefficient (Wildman–Crippen LogP) is 0.939. The number of nitrogens with one attached hydrogen (secondary N) is 1. The Morgan fingerprint density at radius 3 is 2.65 bits per heavy atom. The molecule has 1 aliphatic carbocycles. The van der Waals surface area contributed by atoms with Crippen LogP contribution in [0.4, 0.5) is 0 Å². The molecule has 0 unspecified atom stereocenters. The minimum absolute atomic E-state index is 0.164. The molecule has 4 heteroatoms. The summed E-state index contributed by atoms with van der Waals surface area (Å²) >= 11 is 0. The molecule has 1 heterocycles. The first-order valence-electron chi connectivity index (χ1n) is 7.53. The molecule has 0 bridgehead atoms. The largest absolute Gasteiger partial charge is 0.352 e. The number of amides is 1. The van der Waals surface area contributed by atoms with E-state index in [-0.39, 0.29) is 5.91 Å². The van der Waals surface area contributed by atoms with E-state index in [1.165, 1.54) is 5.56 Å². The third-order valence-electron chi connectivity index (χ3n) is 4.36. The van der Waals surface area contributed by atoms with Gasteiger partial charge < -0.3 is 11.1 Å². The summed E-state index contributed by atoms with van der Waals surface area (Å²) in [5.41, 5.74) is 7.26. The van der Waals surface area contributed by atoms with Crippen LogP contribution in [0.3, 0.4) is 0 Å². The number of carbonyl (C=O) groups is 1. The highest BCUT2D eigenvalue weighted by atomic mass is 16.2. The second-order valence-electron chi connectivity index (χ2n) is 6.05. The van der Waals surface area contributed by atoms with Gasteiger partial charge in [-0.25, -0.2) is 0 Å². The molecule has 0 aromatic heterocycles. The lowest BCUT2D eigenvalue weighted by Gasteiger charge is -2.16. The van der Waals surface area contributed by atoms with Crippen LogP contribution in [0.1, 0.15) is 24.3 Å². The van der Waals surface area contributed by atoms with Gasteiger partial charge in [0, 0.05) is 25.0 Å². The minimum Gasteiger partial charge on any atom is -0.352 e. The van der Waals surface area contributed by atoms with E-state index in [1.54, 1.807) is 0 Å². The highest BCUT2D eigenvalue weighted by Crippen LogP contribution is 2.31. The van der Waals surface area contributed by atoms with Crippen LogP contribution >= 0.6 is 0 Å². The highest BCUT2D eigenvalue weighted by molar-refractivity contribution is 5.78. The van der Waals surface area contributed by atoms with Gasteiger partial charge >= 0.3 is 0 Å². The Bertz CT molecular complexity index is 458. The fourth-order valence-corrected chi connectivity index (χ4v) is 3.11. The van der Waals surface area contributed by atoms with Crippen LogP contribution in [0, 0.1) is 5.92 Å². The van der Waals surface area contributed by atoms with E-state index in [9.17, 15) is 4.79 Å². The lowest BCUT2D eigenvalue weighted by atomic mass is 9.89. The summed E-state index contributed by atoms with van der Waals surface area (Å²) in [5, 5.41) is 3.06. The number of rotatable bonds is 5. The number of hydrogen-bond donors (Lipinski definition) is 2. The van der Waals surface area contributed by atoms with Gasteiger partial charge in [0.05, 0.1) is 6.54 Å². The maximum absolute atomic E-state index is 11.9. The Kier molecular flexibility index (Phi) is 4.03. The zero-order valence-electron chi connectivity index (χ0n) is 11.8. The van der Waals surface area contributed by atoms with Gasteiger partial charge in [-0.15, -0.1) is 0 Å². The van der Waals surface area contributed by atoms with E-state index < -0.39 is 0 Å². The third kappa shape index (κ3) is 3.19. The molecular formula is C16H23N3O. The van der Waals surface area contributed by atoms with Crippen molar-refractivity contribution in [1.29, 1.82) is 0 Å². The van der Waals surface area contributed by atoms with Gasteiger partial charge in [-0.2, -0.15) is 0 Å². The molecule has 4 nitrogen and oxygen atoms in total. The number of likely N-dealkylation sites (tertiary alicyclic amines) is 1. The molecule has 1 amide bonds. The molecule has 1 saturated heterocycles. The molecule has 1 aromatic rings. The van der Waals surface area contributed by atoms with Crippen LogP contribution in [-0.2, 0) is 4.79 Å². The van der Waals surface area contributed by atoms with Gasteiger partial charge in [0.15, 0.2) is 0 Å². The Morgan fingerprint density at radius 2 is 2.00 bits per heavy atom. The Morgan fingerprint density at radius 1 is 1.25 bits per heavy atom. The van der Waals surface area contributed by atoms with E-state index in [0.29, 0.717) is 31.0 Å². The van der Waals surface area contributed by atoms with Crippen molar-refractivity contribution in [3.05, 3.63) is 35.9 Å². The van der Waals surface area contributed by atoms with Crippen molar-refractivity contribution in [3.8, 4) is 0 Å². The predicted molar refractivity (Wildman–Crippen MR) is 79.3 cm³/mol. The molecule has 2 fully saturated rings. The summed E-state index contributed by atoms with van der Waals surface area (Å²) in [5.74, 6) is 1.07. The molecule has 0 radical (unpaired) electrons. The summed E-state index contributed by atoms with van der Waals surface area (Å²) in [6, 6.07) is 11.0. The summed E-state index contributed by atoms with van der Waals surface area (Å²) in [4.78, 5) is 14.1. The Labute approximate surface area is 120 Å². The van der Waals surface area contributed by atoms with Gasteiger partial charge in [0.25, 0.3) is 0 Å². The zero-order chi connectivity index (χ0) is 13.9. The van der Waals surface area contributed by atoms with Crippen LogP contribution in [0.5, 0.6) is 0 Å². The van der Waals surface area contributed by atoms with E-state index in [4.69, 9.17) is 5.73 Å². The van der Waals surface area contributed by atoms with Crippen molar-refractivity contribution in [2.45, 2.75) is 24.8 Å². The second-order valence-corrected chi connectivity index (χ2v) is 6.05. The lowest BCUT2D eigenvalue weighted by molar-refractivity contribution is -0.122. The first kappa shape index (κ1) is 13.6. The average Bonchev–Trinajstić information content (AvgIpc) is 3.17. The van der Waals surface area contributed by atoms with Crippen molar-refractivity contribution in [2.75, 3.05) is 26.2 Å². The first-order chi connectivity index (χ1) is 9.76. The molecule has 20 heavy (non-hydrogen) atoms. The molecule has 3 N–H and O–H groups in total. The standard InChI is InChI=1S/C16H23N3O/c17-8-13-9-19(11-16(20)18-14-6-7-14)10-15(13)12-4-2-1-3-5-12/h1-5,13-15H,6-11,17H2,(H,18,20)/t13-,15+/m1/s1. The molecule has 2 aliphatic rings. The molecule has 1 aromatic carbocycles. The molecule has 3 rings (SSSR count). The average molecular weight is 273 g/mol. The quantitative estimate of drug-likeness (QED) is 0.839. The van der Waals surface area contributed by atoms with Crippen LogP contribution in [-0.4, -0.2) is 43.0 Å². The Balaban J connectivity index is 1.60. The van der Waals surface area contributed by atoms with Crippen LogP contribution in [0.2, 0.25) is 0 Å². The number of nitrogens with zero attached hydrogens (tertiary/aromatic N) is 1. The molecular weight excluding hydrogens is 250 g/mol. The van der Waals surface area contributed by atoms with Crippen molar-refractivity contribution in [3.63, 3.8) is 0 Å². The fraction of sp³-hybridized carbons (Fsp3) is 0.562. The fourth-order valence-electron chi connectivity index (χ4n) is 3.11. The van der Waals surface area contributed by atoms with Crippen molar-refractivity contribution >= 4 is 5.91 Å². The van der Waals surface area contributed by atoms with Gasteiger partial charge in [-0.3, -0.25) is 9.69 Å². The van der Waals surface area contributed by atoms with Crippen molar-refractivity contribution in [1.82, 2.24) is 10.2 Å². The Hall–Kier alpha value is -1.39. The monoisotopic (exact) mass is 273 g/mol. The summed E-state index contributed by atoms with van der Waals surface area (Å²) in [6.07, 6.45) is 2.29. The van der Waals surface area contributed by atoms with E-state index in [0.717, 1.165) is 25.9 Å².